The molecule has 0 aliphatic rings. The van der Waals surface area contributed by atoms with Crippen molar-refractivity contribution >= 4 is 22.7 Å². The number of aromatic nitrogens is 2. The highest BCUT2D eigenvalue weighted by Crippen LogP contribution is 2.27. The summed E-state index contributed by atoms with van der Waals surface area (Å²) < 4.78 is 13.2. The molecule has 0 N–H and O–H groups in total. The van der Waals surface area contributed by atoms with Crippen LogP contribution >= 0.6 is 0 Å². The number of hydrogen-bond acceptors (Lipinski definition) is 5. The molecule has 0 amide bonds. The van der Waals surface area contributed by atoms with Gasteiger partial charge in [0.15, 0.2) is 12.4 Å². The van der Waals surface area contributed by atoms with Gasteiger partial charge in [-0.05, 0) is 63.2 Å². The molecule has 0 spiro atoms. The van der Waals surface area contributed by atoms with Crippen LogP contribution < -0.4 is 0 Å². The van der Waals surface area contributed by atoms with Crippen molar-refractivity contribution < 1.29 is 18.7 Å². The fraction of sp³-hybridized carbons (Fsp3) is 0.138. The van der Waals surface area contributed by atoms with Crippen LogP contribution in [-0.2, 0) is 4.74 Å². The molecule has 0 unspecified atom stereocenters. The van der Waals surface area contributed by atoms with E-state index in [0.29, 0.717) is 33.5 Å². The maximum Gasteiger partial charge on any atom is 0.339 e. The molecule has 0 fully saturated rings. The van der Waals surface area contributed by atoms with Crippen molar-refractivity contribution in [2.45, 2.75) is 20.8 Å². The number of fused-ring (bicyclic) bond motifs is 1. The average molecular weight is 465 g/mol. The summed E-state index contributed by atoms with van der Waals surface area (Å²) in [5.41, 5.74) is 4.75. The number of hydrogen-bond donors (Lipinski definition) is 0. The molecular formula is C29H24N2O4. The van der Waals surface area contributed by atoms with E-state index in [0.717, 1.165) is 22.8 Å². The van der Waals surface area contributed by atoms with Crippen molar-refractivity contribution in [3.63, 3.8) is 0 Å². The van der Waals surface area contributed by atoms with Crippen LogP contribution in [0, 0.1) is 20.8 Å². The first-order chi connectivity index (χ1) is 16.9. The van der Waals surface area contributed by atoms with Gasteiger partial charge in [-0.1, -0.05) is 36.4 Å². The average Bonchev–Trinajstić information content (AvgIpc) is 3.44. The van der Waals surface area contributed by atoms with E-state index < -0.39 is 5.97 Å². The van der Waals surface area contributed by atoms with Crippen LogP contribution in [0.5, 0.6) is 0 Å². The lowest BCUT2D eigenvalue weighted by atomic mass is 10.1. The van der Waals surface area contributed by atoms with Gasteiger partial charge >= 0.3 is 5.97 Å². The number of furan rings is 1. The van der Waals surface area contributed by atoms with Gasteiger partial charge in [0, 0.05) is 28.0 Å². The van der Waals surface area contributed by atoms with Gasteiger partial charge < -0.3 is 13.7 Å². The zero-order valence-electron chi connectivity index (χ0n) is 19.7. The number of carbonyl (C=O) groups excluding carboxylic acids is 2. The standard InChI is InChI=1S/C29H24N2O4/c1-18-15-23(20(3)31(18)21-9-5-4-6-10-21)27(32)17-34-29(33)24-16-26(28-14-13-19(2)35-28)30-25-12-8-7-11-22(24)25/h4-16H,17H2,1-3H3. The molecule has 3 heterocycles. The Labute approximate surface area is 202 Å². The fourth-order valence-corrected chi connectivity index (χ4v) is 4.35. The number of aryl methyl sites for hydroxylation is 2. The molecule has 0 bridgehead atoms. The first kappa shape index (κ1) is 22.3. The topological polar surface area (TPSA) is 74.3 Å². The van der Waals surface area contributed by atoms with Crippen molar-refractivity contribution in [2.24, 2.45) is 0 Å². The Morgan fingerprint density at radius 3 is 2.37 bits per heavy atom. The summed E-state index contributed by atoms with van der Waals surface area (Å²) in [5.74, 6) is 0.469. The summed E-state index contributed by atoms with van der Waals surface area (Å²) in [7, 11) is 0. The Kier molecular flexibility index (Phi) is 5.79. The molecule has 2 aromatic carbocycles. The number of ketones is 1. The van der Waals surface area contributed by atoms with E-state index in [-0.39, 0.29) is 12.4 Å². The SMILES string of the molecule is Cc1ccc(-c2cc(C(=O)OCC(=O)c3cc(C)n(-c4ccccc4)c3C)c3ccccc3n2)o1. The van der Waals surface area contributed by atoms with E-state index in [1.165, 1.54) is 0 Å². The largest absolute Gasteiger partial charge is 0.460 e. The number of para-hydroxylation sites is 2. The predicted octanol–water partition coefficient (Wildman–Crippen LogP) is 6.25. The number of Topliss-reactive ketones (excluding diaryl/α,β-unsaturated/α-hetero) is 1. The van der Waals surface area contributed by atoms with E-state index in [4.69, 9.17) is 9.15 Å². The molecule has 6 heteroatoms. The third-order valence-electron chi connectivity index (χ3n) is 6.01. The summed E-state index contributed by atoms with van der Waals surface area (Å²) in [6, 6.07) is 24.3. The quantitative estimate of drug-likeness (QED) is 0.219. The summed E-state index contributed by atoms with van der Waals surface area (Å²) in [6.07, 6.45) is 0. The lowest BCUT2D eigenvalue weighted by molar-refractivity contribution is 0.0476. The smallest absolute Gasteiger partial charge is 0.339 e. The summed E-state index contributed by atoms with van der Waals surface area (Å²) in [4.78, 5) is 30.8. The molecule has 3 aromatic heterocycles. The highest BCUT2D eigenvalue weighted by molar-refractivity contribution is 6.06. The van der Waals surface area contributed by atoms with Crippen molar-refractivity contribution in [2.75, 3.05) is 6.61 Å². The molecule has 0 saturated heterocycles. The number of esters is 1. The van der Waals surface area contributed by atoms with Crippen molar-refractivity contribution in [3.8, 4) is 17.1 Å². The van der Waals surface area contributed by atoms with Crippen LogP contribution in [0.3, 0.4) is 0 Å². The van der Waals surface area contributed by atoms with Gasteiger partial charge in [0.05, 0.1) is 11.1 Å². The molecule has 0 aliphatic carbocycles. The number of nitrogens with zero attached hydrogens (tertiary/aromatic N) is 2. The Balaban J connectivity index is 1.41. The van der Waals surface area contributed by atoms with Crippen LogP contribution in [0.15, 0.2) is 83.3 Å². The highest BCUT2D eigenvalue weighted by atomic mass is 16.5. The number of ether oxygens (including phenoxy) is 1. The molecule has 0 radical (unpaired) electrons. The summed E-state index contributed by atoms with van der Waals surface area (Å²) in [6.45, 7) is 5.33. The Morgan fingerprint density at radius 2 is 1.63 bits per heavy atom. The van der Waals surface area contributed by atoms with Crippen molar-refractivity contribution in [1.29, 1.82) is 0 Å². The maximum atomic E-state index is 13.1. The molecule has 0 aliphatic heterocycles. The minimum Gasteiger partial charge on any atom is -0.460 e. The van der Waals surface area contributed by atoms with Gasteiger partial charge in [-0.3, -0.25) is 4.79 Å². The normalized spacial score (nSPS) is 11.1. The van der Waals surface area contributed by atoms with Crippen LogP contribution in [0.25, 0.3) is 28.0 Å². The zero-order chi connectivity index (χ0) is 24.5. The first-order valence-electron chi connectivity index (χ1n) is 11.3. The second-order valence-electron chi connectivity index (χ2n) is 8.44. The van der Waals surface area contributed by atoms with E-state index in [1.54, 1.807) is 6.07 Å². The molecule has 174 valence electrons. The zero-order valence-corrected chi connectivity index (χ0v) is 19.7. The molecule has 0 atom stereocenters. The lowest BCUT2D eigenvalue weighted by Gasteiger charge is -2.10. The van der Waals surface area contributed by atoms with Crippen molar-refractivity contribution in [1.82, 2.24) is 9.55 Å². The van der Waals surface area contributed by atoms with E-state index >= 15 is 0 Å². The molecular weight excluding hydrogens is 440 g/mol. The Bertz CT molecular complexity index is 1560. The number of rotatable bonds is 6. The van der Waals surface area contributed by atoms with Gasteiger partial charge in [-0.15, -0.1) is 0 Å². The monoisotopic (exact) mass is 464 g/mol. The summed E-state index contributed by atoms with van der Waals surface area (Å²) >= 11 is 0. The van der Waals surface area contributed by atoms with Crippen LogP contribution in [-0.4, -0.2) is 27.9 Å². The first-order valence-corrected chi connectivity index (χ1v) is 11.3. The maximum absolute atomic E-state index is 13.1. The fourth-order valence-electron chi connectivity index (χ4n) is 4.35. The third kappa shape index (κ3) is 4.26. The van der Waals surface area contributed by atoms with Gasteiger partial charge in [0.1, 0.15) is 11.5 Å². The van der Waals surface area contributed by atoms with Gasteiger partial charge in [-0.2, -0.15) is 0 Å². The Hall–Kier alpha value is -4.45. The van der Waals surface area contributed by atoms with Crippen LogP contribution in [0.1, 0.15) is 37.9 Å². The lowest BCUT2D eigenvalue weighted by Crippen LogP contribution is -2.15. The molecule has 6 nitrogen and oxygen atoms in total. The molecule has 5 rings (SSSR count). The predicted molar refractivity (Wildman–Crippen MR) is 134 cm³/mol. The van der Waals surface area contributed by atoms with Crippen LogP contribution in [0.2, 0.25) is 0 Å². The number of benzene rings is 2. The summed E-state index contributed by atoms with van der Waals surface area (Å²) in [5, 5.41) is 0.652. The molecule has 5 aromatic rings. The minimum atomic E-state index is -0.585. The molecule has 35 heavy (non-hydrogen) atoms. The van der Waals surface area contributed by atoms with Crippen molar-refractivity contribution in [3.05, 3.63) is 107 Å². The second kappa shape index (κ2) is 9.06. The van der Waals surface area contributed by atoms with Gasteiger partial charge in [0.25, 0.3) is 0 Å². The number of carbonyl (C=O) groups is 2. The second-order valence-corrected chi connectivity index (χ2v) is 8.44. The highest BCUT2D eigenvalue weighted by Gasteiger charge is 2.21. The van der Waals surface area contributed by atoms with Gasteiger partial charge in [0.2, 0.25) is 5.78 Å². The van der Waals surface area contributed by atoms with E-state index in [9.17, 15) is 9.59 Å². The van der Waals surface area contributed by atoms with Crippen LogP contribution in [0.4, 0.5) is 0 Å². The third-order valence-corrected chi connectivity index (χ3v) is 6.01. The Morgan fingerprint density at radius 1 is 0.886 bits per heavy atom. The minimum absolute atomic E-state index is 0.256. The van der Waals surface area contributed by atoms with Gasteiger partial charge in [-0.25, -0.2) is 9.78 Å². The van der Waals surface area contributed by atoms with E-state index in [1.807, 2.05) is 98.1 Å². The van der Waals surface area contributed by atoms with E-state index in [2.05, 4.69) is 4.98 Å². The number of pyridine rings is 1. The molecule has 0 saturated carbocycles.